The average molecular weight is 1750 g/mol. The molecule has 0 heterocycles. The maximum Gasteiger partial charge on any atom is 0.118 e. The first kappa shape index (κ1) is 86.6. The Balaban J connectivity index is 0.760. The molecule has 0 amide bonds. The van der Waals surface area contributed by atoms with Gasteiger partial charge in [-0.25, -0.2) is 0 Å². The van der Waals surface area contributed by atoms with Gasteiger partial charge in [-0.15, -0.1) is 0 Å². The molecule has 0 aliphatic rings. The molecule has 0 N–H and O–H groups in total. The number of ether oxygens (including phenoxy) is 4. The smallest absolute Gasteiger partial charge is 0.118 e. The zero-order chi connectivity index (χ0) is 91.9. The zero-order valence-electron chi connectivity index (χ0n) is 76.3. The van der Waals surface area contributed by atoms with E-state index >= 15 is 0 Å². The van der Waals surface area contributed by atoms with Crippen molar-refractivity contribution < 1.29 is 18.9 Å². The van der Waals surface area contributed by atoms with Crippen LogP contribution in [0.5, 0.6) is 23.0 Å². The molecule has 0 saturated heterocycles. The second-order valence-electron chi connectivity index (χ2n) is 33.8. The lowest BCUT2D eigenvalue weighted by atomic mass is 9.85. The Morgan fingerprint density at radius 1 is 0.140 bits per heavy atom. The van der Waals surface area contributed by atoms with Gasteiger partial charge in [0, 0.05) is 0 Å². The van der Waals surface area contributed by atoms with Gasteiger partial charge in [0.25, 0.3) is 0 Å². The molecular formula is C132H98O4. The van der Waals surface area contributed by atoms with Gasteiger partial charge in [-0.2, -0.15) is 0 Å². The fourth-order valence-corrected chi connectivity index (χ4v) is 19.0. The molecule has 20 aromatic rings. The Morgan fingerprint density at radius 3 is 0.412 bits per heavy atom. The van der Waals surface area contributed by atoms with E-state index in [0.717, 1.165) is 223 Å². The second kappa shape index (κ2) is 40.5. The molecule has 650 valence electrons. The van der Waals surface area contributed by atoms with Crippen molar-refractivity contribution >= 4 is 126 Å². The summed E-state index contributed by atoms with van der Waals surface area (Å²) in [7, 11) is 6.88. The maximum absolute atomic E-state index is 5.74. The molecule has 0 aromatic heterocycles. The molecule has 0 fully saturated rings. The summed E-state index contributed by atoms with van der Waals surface area (Å²) in [5, 5.41) is 6.95. The van der Waals surface area contributed by atoms with E-state index in [-0.39, 0.29) is 0 Å². The quantitative estimate of drug-likeness (QED) is 0.0362. The molecule has 0 radical (unpaired) electrons. The molecule has 0 aliphatic carbocycles. The van der Waals surface area contributed by atoms with Crippen molar-refractivity contribution in [3.05, 3.63) is 607 Å². The number of methoxy groups -OCH3 is 4. The summed E-state index contributed by atoms with van der Waals surface area (Å²) in [6.07, 6.45) is 18.4. The van der Waals surface area contributed by atoms with Crippen LogP contribution in [-0.2, 0) is 0 Å². The highest BCUT2D eigenvalue weighted by atomic mass is 16.5. The van der Waals surface area contributed by atoms with Gasteiger partial charge in [0.15, 0.2) is 0 Å². The van der Waals surface area contributed by atoms with Crippen LogP contribution in [-0.4, -0.2) is 28.4 Å². The predicted molar refractivity (Wildman–Crippen MR) is 575 cm³/mol. The maximum atomic E-state index is 5.74. The lowest BCUT2D eigenvalue weighted by molar-refractivity contribution is 0.414. The third-order valence-electron chi connectivity index (χ3n) is 25.7. The Labute approximate surface area is 797 Å². The number of hydrogen-bond acceptors (Lipinski definition) is 4. The second-order valence-corrected chi connectivity index (χ2v) is 33.8. The summed E-state index contributed by atoms with van der Waals surface area (Å²) < 4.78 is 22.9. The first-order chi connectivity index (χ1) is 67.3. The van der Waals surface area contributed by atoms with Crippen LogP contribution in [0.15, 0.2) is 473 Å². The highest BCUT2D eigenvalue weighted by Crippen LogP contribution is 2.47. The highest BCUT2D eigenvalue weighted by molar-refractivity contribution is 6.29. The van der Waals surface area contributed by atoms with Crippen molar-refractivity contribution in [2.45, 2.75) is 0 Å². The van der Waals surface area contributed by atoms with Crippen molar-refractivity contribution in [2.75, 3.05) is 28.4 Å². The molecule has 0 unspecified atom stereocenters. The van der Waals surface area contributed by atoms with Crippen molar-refractivity contribution in [3.8, 4) is 23.0 Å². The van der Waals surface area contributed by atoms with Crippen LogP contribution >= 0.6 is 0 Å². The summed E-state index contributed by atoms with van der Waals surface area (Å²) in [4.78, 5) is 0. The van der Waals surface area contributed by atoms with E-state index in [1.807, 2.05) is 0 Å². The number of rotatable bonds is 28. The molecule has 0 saturated carbocycles. The minimum Gasteiger partial charge on any atom is -0.497 e. The molecule has 136 heavy (non-hydrogen) atoms. The minimum absolute atomic E-state index is 0.803. The first-order valence-corrected chi connectivity index (χ1v) is 46.2. The molecule has 0 aliphatic heterocycles. The SMILES string of the molecule is COc1ccc(C(=C(c2ccccc2)c2ccccc2)c2ccc(/C=C/c3cc(/C=C/c4ccc(C(=C(c5ccccc5)c5ccccc5)c5ccc(OC)cc5)cc4)c4ccc5c(/C=C/c6ccc(C(=C(c7ccccc7)c7ccccc7)c7ccc(OC)cc7)cc6)cc(/C=C/c6ccc(C(=C(c7ccccc7)c7ccccc7)c7ccc(OC)cc7)cc6)c6ccc3c4c65)cc2)cc1. The molecule has 20 rings (SSSR count). The van der Waals surface area contributed by atoms with E-state index in [4.69, 9.17) is 18.9 Å². The van der Waals surface area contributed by atoms with Crippen molar-refractivity contribution in [1.82, 2.24) is 0 Å². The van der Waals surface area contributed by atoms with Crippen LogP contribution in [0.2, 0.25) is 0 Å². The van der Waals surface area contributed by atoms with Gasteiger partial charge in [-0.05, 0) is 271 Å². The summed E-state index contributed by atoms with van der Waals surface area (Å²) in [6, 6.07) is 170. The minimum atomic E-state index is 0.803. The molecule has 4 heteroatoms. The Bertz CT molecular complexity index is 6740. The van der Waals surface area contributed by atoms with E-state index in [2.05, 4.69) is 522 Å². The topological polar surface area (TPSA) is 36.9 Å². The van der Waals surface area contributed by atoms with E-state index in [1.54, 1.807) is 28.4 Å². The van der Waals surface area contributed by atoms with Gasteiger partial charge in [0.05, 0.1) is 28.4 Å². The molecule has 0 bridgehead atoms. The average Bonchev–Trinajstić information content (AvgIpc) is 0.715. The standard InChI is InChI=1S/C132H98O4/c1-133-115-77-69-107(70-78-115)127(123(95-29-13-5-14-30-95)96-31-15-6-16-32-96)103-57-45-91(46-58-103)53-65-111-89-112(66-54-92-47-59-104(60-48-92)128(108-71-79-116(134-2)80-72-108)124(97-33-17-7-18-34-97)98-35-19-8-20-36-98)120-87-88-122-114(68-56-94-51-63-106(64-52-94)130(110-75-83-118(136-4)84-76-110)126(101-41-25-11-26-42-101)102-43-27-12-28-44-102)90-113(121-86-85-119(111)131(120)132(121)122)67-55-93-49-61-105(62-50-93)129(109-73-81-117(135-3)82-74-109)125(99-37-21-9-22-38-99)100-39-23-10-24-40-100/h5-90H,1-4H3/b65-53+,66-54+,67-55+,68-56+. The molecule has 0 spiro atoms. The molecule has 4 nitrogen and oxygen atoms in total. The Kier molecular flexibility index (Phi) is 25.8. The molecule has 0 atom stereocenters. The van der Waals surface area contributed by atoms with Gasteiger partial charge in [0.1, 0.15) is 23.0 Å². The van der Waals surface area contributed by atoms with Crippen molar-refractivity contribution in [3.63, 3.8) is 0 Å². The first-order valence-electron chi connectivity index (χ1n) is 46.2. The Hall–Kier alpha value is -17.4. The third kappa shape index (κ3) is 18.7. The lowest BCUT2D eigenvalue weighted by Crippen LogP contribution is -1.98. The van der Waals surface area contributed by atoms with Gasteiger partial charge in [-0.1, -0.05) is 461 Å². The van der Waals surface area contributed by atoms with Gasteiger partial charge < -0.3 is 18.9 Å². The number of hydrogen-bond donors (Lipinski definition) is 0. The Morgan fingerprint density at radius 2 is 0.272 bits per heavy atom. The van der Waals surface area contributed by atoms with Gasteiger partial charge >= 0.3 is 0 Å². The summed E-state index contributed by atoms with van der Waals surface area (Å²) in [5.74, 6) is 3.21. The van der Waals surface area contributed by atoms with Gasteiger partial charge in [-0.3, -0.25) is 0 Å². The van der Waals surface area contributed by atoms with Crippen LogP contribution in [0.25, 0.3) is 126 Å². The molecular weight excluding hydrogens is 1650 g/mol. The lowest BCUT2D eigenvalue weighted by Gasteiger charge is -2.19. The van der Waals surface area contributed by atoms with Crippen molar-refractivity contribution in [1.29, 1.82) is 0 Å². The monoisotopic (exact) mass is 1750 g/mol. The fourth-order valence-electron chi connectivity index (χ4n) is 19.0. The van der Waals surface area contributed by atoms with E-state index in [1.165, 1.54) is 10.8 Å². The predicted octanol–water partition coefficient (Wildman–Crippen LogP) is 33.3. The van der Waals surface area contributed by atoms with E-state index in [0.29, 0.717) is 0 Å². The largest absolute Gasteiger partial charge is 0.497 e. The highest BCUT2D eigenvalue weighted by Gasteiger charge is 2.24. The summed E-state index contributed by atoms with van der Waals surface area (Å²) >= 11 is 0. The summed E-state index contributed by atoms with van der Waals surface area (Å²) in [6.45, 7) is 0. The van der Waals surface area contributed by atoms with Crippen LogP contribution in [0.3, 0.4) is 0 Å². The van der Waals surface area contributed by atoms with E-state index < -0.39 is 0 Å². The van der Waals surface area contributed by atoms with Crippen LogP contribution in [0, 0.1) is 0 Å². The zero-order valence-corrected chi connectivity index (χ0v) is 76.3. The van der Waals surface area contributed by atoms with Gasteiger partial charge in [0.2, 0.25) is 0 Å². The van der Waals surface area contributed by atoms with Crippen LogP contribution in [0.4, 0.5) is 0 Å². The number of benzene rings is 20. The van der Waals surface area contributed by atoms with Crippen molar-refractivity contribution in [2.24, 2.45) is 0 Å². The van der Waals surface area contributed by atoms with E-state index in [9.17, 15) is 0 Å². The molecule has 20 aromatic carbocycles. The normalized spacial score (nSPS) is 11.4. The third-order valence-corrected chi connectivity index (χ3v) is 25.7. The fraction of sp³-hybridized carbons (Fsp3) is 0.0303. The van der Waals surface area contributed by atoms with Crippen LogP contribution < -0.4 is 18.9 Å². The summed E-state index contributed by atoms with van der Waals surface area (Å²) in [5.41, 5.74) is 35.5. The van der Waals surface area contributed by atoms with Crippen LogP contribution in [0.1, 0.15) is 134 Å².